The number of H-pyrrole nitrogens is 1. The van der Waals surface area contributed by atoms with Crippen LogP contribution in [0.15, 0.2) is 23.0 Å². The first-order valence-electron chi connectivity index (χ1n) is 5.32. The minimum atomic E-state index is -1.01. The molecule has 1 aliphatic heterocycles. The van der Waals surface area contributed by atoms with E-state index in [1.165, 1.54) is 23.1 Å². The molecule has 2 N–H and O–H groups in total. The van der Waals surface area contributed by atoms with Gasteiger partial charge in [0, 0.05) is 12.6 Å². The predicted molar refractivity (Wildman–Crippen MR) is 58.8 cm³/mol. The topological polar surface area (TPSA) is 90.5 Å². The highest BCUT2D eigenvalue weighted by molar-refractivity contribution is 5.95. The Morgan fingerprint density at radius 2 is 2.18 bits per heavy atom. The van der Waals surface area contributed by atoms with Crippen LogP contribution in [0.3, 0.4) is 0 Å². The zero-order valence-electron chi connectivity index (χ0n) is 9.05. The molecule has 1 fully saturated rings. The number of carbonyl (C=O) groups excluding carboxylic acids is 1. The maximum atomic E-state index is 12.0. The van der Waals surface area contributed by atoms with Gasteiger partial charge >= 0.3 is 5.97 Å². The first kappa shape index (κ1) is 11.4. The number of aliphatic carboxylic acids is 1. The Kier molecular flexibility index (Phi) is 2.95. The Bertz CT molecular complexity index is 508. The van der Waals surface area contributed by atoms with Crippen molar-refractivity contribution < 1.29 is 14.7 Å². The molecule has 17 heavy (non-hydrogen) atoms. The number of likely N-dealkylation sites (tertiary alicyclic amines) is 1. The van der Waals surface area contributed by atoms with Gasteiger partial charge in [-0.05, 0) is 18.9 Å². The number of aromatic amines is 1. The molecule has 90 valence electrons. The van der Waals surface area contributed by atoms with E-state index in [1.807, 2.05) is 0 Å². The van der Waals surface area contributed by atoms with Crippen molar-refractivity contribution in [3.8, 4) is 0 Å². The third kappa shape index (κ3) is 2.20. The van der Waals surface area contributed by atoms with Gasteiger partial charge in [-0.1, -0.05) is 6.07 Å². The van der Waals surface area contributed by atoms with Crippen LogP contribution in [0.2, 0.25) is 0 Å². The molecule has 0 spiro atoms. The number of pyridine rings is 1. The first-order chi connectivity index (χ1) is 8.09. The molecule has 1 aromatic rings. The Labute approximate surface area is 96.9 Å². The van der Waals surface area contributed by atoms with Gasteiger partial charge in [-0.15, -0.1) is 0 Å². The number of carboxylic acids is 1. The second-order valence-electron chi connectivity index (χ2n) is 3.92. The summed E-state index contributed by atoms with van der Waals surface area (Å²) in [5.41, 5.74) is -0.243. The van der Waals surface area contributed by atoms with Crippen molar-refractivity contribution in [3.63, 3.8) is 0 Å². The maximum absolute atomic E-state index is 12.0. The largest absolute Gasteiger partial charge is 0.480 e. The Hall–Kier alpha value is -2.11. The quantitative estimate of drug-likeness (QED) is 0.759. The number of hydrogen-bond acceptors (Lipinski definition) is 3. The molecule has 2 heterocycles. The zero-order chi connectivity index (χ0) is 12.4. The molecule has 0 radical (unpaired) electrons. The maximum Gasteiger partial charge on any atom is 0.326 e. The molecular weight excluding hydrogens is 224 g/mol. The van der Waals surface area contributed by atoms with E-state index in [0.29, 0.717) is 19.4 Å². The molecule has 1 saturated heterocycles. The minimum absolute atomic E-state index is 0.130. The number of carboxylic acid groups (broad SMARTS) is 1. The van der Waals surface area contributed by atoms with E-state index in [4.69, 9.17) is 5.11 Å². The average molecular weight is 236 g/mol. The van der Waals surface area contributed by atoms with Crippen LogP contribution in [0.4, 0.5) is 0 Å². The normalized spacial score (nSPS) is 19.3. The molecule has 0 aliphatic carbocycles. The van der Waals surface area contributed by atoms with Crippen LogP contribution < -0.4 is 5.56 Å². The van der Waals surface area contributed by atoms with Crippen molar-refractivity contribution in [2.75, 3.05) is 6.54 Å². The Morgan fingerprint density at radius 3 is 2.82 bits per heavy atom. The van der Waals surface area contributed by atoms with Gasteiger partial charge in [-0.3, -0.25) is 9.59 Å². The van der Waals surface area contributed by atoms with Gasteiger partial charge in [0.1, 0.15) is 11.7 Å². The third-order valence-electron chi connectivity index (χ3n) is 2.80. The molecule has 1 aromatic heterocycles. The Balaban J connectivity index is 2.26. The summed E-state index contributed by atoms with van der Waals surface area (Å²) >= 11 is 0. The lowest BCUT2D eigenvalue weighted by molar-refractivity contribution is -0.141. The molecule has 0 saturated carbocycles. The van der Waals surface area contributed by atoms with Crippen molar-refractivity contribution in [1.82, 2.24) is 9.88 Å². The van der Waals surface area contributed by atoms with Crippen LogP contribution in [-0.4, -0.2) is 39.5 Å². The molecule has 1 aliphatic rings. The fraction of sp³-hybridized carbons (Fsp3) is 0.364. The molecule has 1 atom stereocenters. The molecule has 6 nitrogen and oxygen atoms in total. The number of aromatic nitrogens is 1. The fourth-order valence-electron chi connectivity index (χ4n) is 1.99. The van der Waals surface area contributed by atoms with E-state index in [9.17, 15) is 14.4 Å². The highest BCUT2D eigenvalue weighted by atomic mass is 16.4. The minimum Gasteiger partial charge on any atom is -0.480 e. The van der Waals surface area contributed by atoms with Crippen molar-refractivity contribution >= 4 is 11.9 Å². The highest BCUT2D eigenvalue weighted by Crippen LogP contribution is 2.19. The van der Waals surface area contributed by atoms with E-state index in [0.717, 1.165) is 0 Å². The molecule has 0 unspecified atom stereocenters. The van der Waals surface area contributed by atoms with Crippen LogP contribution in [0, 0.1) is 0 Å². The highest BCUT2D eigenvalue weighted by Gasteiger charge is 2.34. The van der Waals surface area contributed by atoms with E-state index in [1.54, 1.807) is 0 Å². The molecule has 0 bridgehead atoms. The van der Waals surface area contributed by atoms with Crippen LogP contribution in [0.5, 0.6) is 0 Å². The monoisotopic (exact) mass is 236 g/mol. The number of hydrogen-bond donors (Lipinski definition) is 2. The van der Waals surface area contributed by atoms with Crippen LogP contribution >= 0.6 is 0 Å². The predicted octanol–water partition coefficient (Wildman–Crippen LogP) is 0.0641. The lowest BCUT2D eigenvalue weighted by Crippen LogP contribution is -2.41. The number of rotatable bonds is 2. The average Bonchev–Trinajstić information content (AvgIpc) is 2.77. The second-order valence-corrected chi connectivity index (χ2v) is 3.92. The van der Waals surface area contributed by atoms with E-state index in [2.05, 4.69) is 4.98 Å². The zero-order valence-corrected chi connectivity index (χ0v) is 9.05. The summed E-state index contributed by atoms with van der Waals surface area (Å²) in [4.78, 5) is 37.7. The van der Waals surface area contributed by atoms with Crippen molar-refractivity contribution in [3.05, 3.63) is 34.2 Å². The van der Waals surface area contributed by atoms with Gasteiger partial charge in [0.05, 0.1) is 0 Å². The lowest BCUT2D eigenvalue weighted by atomic mass is 10.2. The van der Waals surface area contributed by atoms with E-state index < -0.39 is 17.9 Å². The number of nitrogens with zero attached hydrogens (tertiary/aromatic N) is 1. The van der Waals surface area contributed by atoms with Crippen molar-refractivity contribution in [2.24, 2.45) is 0 Å². The van der Waals surface area contributed by atoms with Crippen molar-refractivity contribution in [2.45, 2.75) is 18.9 Å². The van der Waals surface area contributed by atoms with Gasteiger partial charge in [0.2, 0.25) is 5.56 Å². The molecule has 1 amide bonds. The summed E-state index contributed by atoms with van der Waals surface area (Å²) in [6.45, 7) is 0.409. The molecular formula is C11H12N2O4. The number of amides is 1. The summed E-state index contributed by atoms with van der Waals surface area (Å²) in [5, 5.41) is 8.97. The van der Waals surface area contributed by atoms with Gasteiger partial charge in [0.25, 0.3) is 5.91 Å². The van der Waals surface area contributed by atoms with Gasteiger partial charge in [0.15, 0.2) is 0 Å². The van der Waals surface area contributed by atoms with Crippen LogP contribution in [-0.2, 0) is 4.79 Å². The molecule has 6 heteroatoms. The SMILES string of the molecule is O=C(O)[C@H]1CCCN1C(=O)c1cccc(=O)[nH]1. The molecule has 2 rings (SSSR count). The lowest BCUT2D eigenvalue weighted by Gasteiger charge is -2.20. The van der Waals surface area contributed by atoms with Gasteiger partial charge in [-0.25, -0.2) is 4.79 Å². The third-order valence-corrected chi connectivity index (χ3v) is 2.80. The fourth-order valence-corrected chi connectivity index (χ4v) is 1.99. The summed E-state index contributed by atoms with van der Waals surface area (Å²) in [5.74, 6) is -1.44. The van der Waals surface area contributed by atoms with Crippen LogP contribution in [0.25, 0.3) is 0 Å². The van der Waals surface area contributed by atoms with Gasteiger partial charge < -0.3 is 15.0 Å². The first-order valence-corrected chi connectivity index (χ1v) is 5.32. The van der Waals surface area contributed by atoms with Crippen molar-refractivity contribution in [1.29, 1.82) is 0 Å². The van der Waals surface area contributed by atoms with Gasteiger partial charge in [-0.2, -0.15) is 0 Å². The second kappa shape index (κ2) is 4.40. The standard InChI is InChI=1S/C11H12N2O4/c14-9-5-1-3-7(12-9)10(15)13-6-2-4-8(13)11(16)17/h1,3,5,8H,2,4,6H2,(H,12,14)(H,16,17)/t8-/m1/s1. The summed E-state index contributed by atoms with van der Waals surface area (Å²) in [7, 11) is 0. The number of nitrogens with one attached hydrogen (secondary N) is 1. The number of carbonyl (C=O) groups is 2. The molecule has 0 aromatic carbocycles. The van der Waals surface area contributed by atoms with E-state index >= 15 is 0 Å². The van der Waals surface area contributed by atoms with Crippen LogP contribution in [0.1, 0.15) is 23.3 Å². The summed E-state index contributed by atoms with van der Waals surface area (Å²) < 4.78 is 0. The van der Waals surface area contributed by atoms with E-state index in [-0.39, 0.29) is 11.3 Å². The Morgan fingerprint density at radius 1 is 1.41 bits per heavy atom. The smallest absolute Gasteiger partial charge is 0.326 e. The summed E-state index contributed by atoms with van der Waals surface area (Å²) in [6, 6.07) is 3.46. The summed E-state index contributed by atoms with van der Waals surface area (Å²) in [6.07, 6.45) is 1.12.